The van der Waals surface area contributed by atoms with Gasteiger partial charge in [0.05, 0.1) is 0 Å². The minimum atomic E-state index is -3.65. The number of nitrogens with zero attached hydrogens (tertiary/aromatic N) is 1. The van der Waals surface area contributed by atoms with Crippen LogP contribution in [0.1, 0.15) is 6.92 Å². The lowest BCUT2D eigenvalue weighted by Crippen LogP contribution is -2.70. The highest BCUT2D eigenvalue weighted by atomic mass is 31.2. The Hall–Kier alpha value is -0.950. The van der Waals surface area contributed by atoms with Crippen LogP contribution in [0.4, 0.5) is 0 Å². The topological polar surface area (TPSA) is 126 Å². The highest BCUT2D eigenvalue weighted by molar-refractivity contribution is 7.47. The fourth-order valence-corrected chi connectivity index (χ4v) is 0.302. The molecular weight excluding hydrogens is 215 g/mol. The lowest BCUT2D eigenvalue weighted by atomic mass is 10.4. The molecule has 0 aromatic carbocycles. The molecule has 0 aliphatic heterocycles. The minimum Gasteiger partial charge on any atom is -0.499 e. The van der Waals surface area contributed by atoms with Crippen molar-refractivity contribution >= 4 is 19.5 Å². The van der Waals surface area contributed by atoms with Gasteiger partial charge in [-0.1, -0.05) is 0 Å². The average Bonchev–Trinajstić information content (AvgIpc) is 2.17. The molecule has 8 nitrogen and oxygen atoms in total. The van der Waals surface area contributed by atoms with Gasteiger partial charge in [0.15, 0.2) is 0 Å². The molecule has 82 valence electrons. The van der Waals surface area contributed by atoms with Gasteiger partial charge in [0, 0.05) is 21.1 Å². The van der Waals surface area contributed by atoms with Crippen molar-refractivity contribution in [3.05, 3.63) is 5.53 Å². The highest BCUT2D eigenvalue weighted by Crippen LogP contribution is 2.40. The van der Waals surface area contributed by atoms with E-state index in [1.54, 1.807) is 0 Å². The monoisotopic (exact) mass is 226 g/mol. The van der Waals surface area contributed by atoms with E-state index in [-0.39, 0.29) is 0 Å². The molecule has 0 saturated heterocycles. The zero-order chi connectivity index (χ0) is 11.8. The molecule has 0 radical (unpaired) electrons. The first-order valence-electron chi connectivity index (χ1n) is 3.20. The van der Waals surface area contributed by atoms with E-state index >= 15 is 0 Å². The van der Waals surface area contributed by atoms with Crippen molar-refractivity contribution in [3.63, 3.8) is 0 Å². The third kappa shape index (κ3) is 9.14. The summed E-state index contributed by atoms with van der Waals surface area (Å²) in [6, 6.07) is 0. The zero-order valence-electron chi connectivity index (χ0n) is 7.88. The van der Waals surface area contributed by atoms with Crippen LogP contribution in [0.25, 0.3) is 5.53 Å². The molecule has 14 heavy (non-hydrogen) atoms. The predicted molar refractivity (Wildman–Crippen MR) is 43.9 cm³/mol. The van der Waals surface area contributed by atoms with Crippen molar-refractivity contribution in [2.75, 3.05) is 14.2 Å². The smallest absolute Gasteiger partial charge is 0.471 e. The summed E-state index contributed by atoms with van der Waals surface area (Å²) in [6.45, 7) is 1.06. The van der Waals surface area contributed by atoms with Gasteiger partial charge in [-0.3, -0.25) is 19.0 Å². The van der Waals surface area contributed by atoms with Crippen molar-refractivity contribution in [1.82, 2.24) is 0 Å². The second kappa shape index (κ2) is 7.45. The molecule has 0 aromatic heterocycles. The van der Waals surface area contributed by atoms with Gasteiger partial charge in [-0.25, -0.2) is 9.36 Å². The third-order valence-electron chi connectivity index (χ3n) is 0.883. The number of rotatable bonds is 3. The van der Waals surface area contributed by atoms with Crippen LogP contribution < -0.4 is 5.11 Å². The Kier molecular flexibility index (Phi) is 8.26. The number of carbonyl (C=O) groups is 2. The Morgan fingerprint density at radius 2 is 1.71 bits per heavy atom. The molecule has 2 N–H and O–H groups in total. The number of amides is 1. The SMILES string of the molecule is CC(=O)C(=O)[NH+]=[N-].COP(=O)(O)OC. The second-order valence-electron chi connectivity index (χ2n) is 1.83. The minimum absolute atomic E-state index is 0.706. The van der Waals surface area contributed by atoms with Crippen LogP contribution in [0.2, 0.25) is 0 Å². The first-order valence-corrected chi connectivity index (χ1v) is 4.69. The standard InChI is InChI=1S/C3H4N2O2.C2H7O4P/c1-2(6)3(7)5-4;1-5-7(3,4)6-2/h5H,1H3;1-2H3,(H,3,4). The number of Topliss-reactive ketones (excluding diaryl/α,β-unsaturated/α-hetero) is 1. The molecule has 0 atom stereocenters. The lowest BCUT2D eigenvalue weighted by molar-refractivity contribution is -0.392. The molecular formula is C5H11N2O6P. The van der Waals surface area contributed by atoms with E-state index in [0.29, 0.717) is 0 Å². The van der Waals surface area contributed by atoms with Crippen LogP contribution in [0, 0.1) is 0 Å². The summed E-state index contributed by atoms with van der Waals surface area (Å²) in [7, 11) is -1.45. The summed E-state index contributed by atoms with van der Waals surface area (Å²) in [5, 5.41) is 1.18. The van der Waals surface area contributed by atoms with Crippen LogP contribution >= 0.6 is 7.82 Å². The first-order chi connectivity index (χ1) is 6.30. The average molecular weight is 226 g/mol. The van der Waals surface area contributed by atoms with Gasteiger partial charge in [0.1, 0.15) is 0 Å². The van der Waals surface area contributed by atoms with Crippen molar-refractivity contribution in [1.29, 1.82) is 0 Å². The van der Waals surface area contributed by atoms with Gasteiger partial charge < -0.3 is 10.4 Å². The lowest BCUT2D eigenvalue weighted by Gasteiger charge is -2.01. The van der Waals surface area contributed by atoms with E-state index in [2.05, 4.69) is 9.05 Å². The summed E-state index contributed by atoms with van der Waals surface area (Å²) < 4.78 is 18.0. The van der Waals surface area contributed by atoms with Gasteiger partial charge >= 0.3 is 13.7 Å². The van der Waals surface area contributed by atoms with Crippen LogP contribution in [0.5, 0.6) is 0 Å². The number of phosphoric acid groups is 1. The van der Waals surface area contributed by atoms with Gasteiger partial charge in [-0.2, -0.15) is 0 Å². The quantitative estimate of drug-likeness (QED) is 0.345. The molecule has 9 heteroatoms. The maximum Gasteiger partial charge on any atom is 0.471 e. The molecule has 0 rings (SSSR count). The highest BCUT2D eigenvalue weighted by Gasteiger charge is 2.13. The van der Waals surface area contributed by atoms with Crippen LogP contribution in [0.15, 0.2) is 0 Å². The Morgan fingerprint density at radius 3 is 1.71 bits per heavy atom. The Labute approximate surface area is 80.3 Å². The summed E-state index contributed by atoms with van der Waals surface area (Å²) in [5.41, 5.74) is 7.68. The Bertz CT molecular complexity index is 257. The summed E-state index contributed by atoms with van der Waals surface area (Å²) >= 11 is 0. The largest absolute Gasteiger partial charge is 0.499 e. The van der Waals surface area contributed by atoms with Crippen molar-refractivity contribution in [2.24, 2.45) is 0 Å². The van der Waals surface area contributed by atoms with E-state index in [9.17, 15) is 14.2 Å². The third-order valence-corrected chi connectivity index (χ3v) is 1.81. The van der Waals surface area contributed by atoms with Gasteiger partial charge in [0.2, 0.25) is 0 Å². The maximum absolute atomic E-state index is 10.1. The molecule has 0 aromatic rings. The molecule has 0 heterocycles. The van der Waals surface area contributed by atoms with Crippen molar-refractivity contribution < 1.29 is 33.2 Å². The molecule has 0 fully saturated rings. The Balaban J connectivity index is 0. The van der Waals surface area contributed by atoms with E-state index in [1.165, 1.54) is 5.11 Å². The van der Waals surface area contributed by atoms with Crippen molar-refractivity contribution in [3.8, 4) is 0 Å². The number of hydrogen-bond donors (Lipinski definition) is 2. The number of nitrogens with one attached hydrogen (secondary N) is 1. The summed E-state index contributed by atoms with van der Waals surface area (Å²) in [4.78, 5) is 27.8. The van der Waals surface area contributed by atoms with E-state index in [0.717, 1.165) is 21.1 Å². The summed E-state index contributed by atoms with van der Waals surface area (Å²) in [5.74, 6) is -1.69. The van der Waals surface area contributed by atoms with Crippen LogP contribution in [-0.4, -0.2) is 30.8 Å². The first kappa shape index (κ1) is 15.5. The summed E-state index contributed by atoms with van der Waals surface area (Å²) in [6.07, 6.45) is 0. The Morgan fingerprint density at radius 1 is 1.36 bits per heavy atom. The van der Waals surface area contributed by atoms with Crippen molar-refractivity contribution in [2.45, 2.75) is 6.92 Å². The molecule has 0 saturated carbocycles. The van der Waals surface area contributed by atoms with E-state index in [4.69, 9.17) is 10.4 Å². The molecule has 0 unspecified atom stereocenters. The fraction of sp³-hybridized carbons (Fsp3) is 0.600. The van der Waals surface area contributed by atoms with Gasteiger partial charge in [0.25, 0.3) is 5.78 Å². The molecule has 0 aliphatic carbocycles. The predicted octanol–water partition coefficient (Wildman–Crippen LogP) is -1.42. The second-order valence-corrected chi connectivity index (χ2v) is 3.50. The molecule has 1 amide bonds. The van der Waals surface area contributed by atoms with Gasteiger partial charge in [-0.15, -0.1) is 0 Å². The van der Waals surface area contributed by atoms with Crippen LogP contribution in [0.3, 0.4) is 0 Å². The van der Waals surface area contributed by atoms with Gasteiger partial charge in [-0.05, 0) is 0 Å². The van der Waals surface area contributed by atoms with Crippen LogP contribution in [-0.2, 0) is 23.2 Å². The van der Waals surface area contributed by atoms with E-state index < -0.39 is 19.5 Å². The normalized spacial score (nSPS) is 9.71. The molecule has 0 aliphatic rings. The number of carbonyl (C=O) groups excluding carboxylic acids is 2. The fourth-order valence-electron chi connectivity index (χ4n) is 0.153. The number of ketones is 1. The van der Waals surface area contributed by atoms with E-state index in [1.807, 2.05) is 0 Å². The maximum atomic E-state index is 10.1. The zero-order valence-corrected chi connectivity index (χ0v) is 8.78. The number of hydrogen-bond acceptors (Lipinski definition) is 5. The molecule has 0 bridgehead atoms. The molecule has 0 spiro atoms. The number of phosphoric ester groups is 1.